The number of ether oxygens (including phenoxy) is 1. The zero-order valence-corrected chi connectivity index (χ0v) is 17.7. The first kappa shape index (κ1) is 23.4. The molecule has 0 bridgehead atoms. The minimum Gasteiger partial charge on any atom is -0.443 e. The smallest absolute Gasteiger partial charge is 0.324 e. The lowest BCUT2D eigenvalue weighted by molar-refractivity contribution is 0.000439. The van der Waals surface area contributed by atoms with E-state index in [1.807, 2.05) is 0 Å². The molecule has 174 valence electrons. The van der Waals surface area contributed by atoms with E-state index in [2.05, 4.69) is 10.5 Å². The fourth-order valence-electron chi connectivity index (χ4n) is 2.95. The number of anilines is 1. The molecule has 0 spiro atoms. The number of hydrogen-bond donors (Lipinski definition) is 3. The van der Waals surface area contributed by atoms with Crippen molar-refractivity contribution < 1.29 is 26.9 Å². The van der Waals surface area contributed by atoms with Gasteiger partial charge in [-0.1, -0.05) is 6.07 Å². The van der Waals surface area contributed by atoms with Crippen molar-refractivity contribution in [3.63, 3.8) is 0 Å². The van der Waals surface area contributed by atoms with Gasteiger partial charge in [-0.3, -0.25) is 14.5 Å². The van der Waals surface area contributed by atoms with Crippen molar-refractivity contribution >= 4 is 28.4 Å². The summed E-state index contributed by atoms with van der Waals surface area (Å²) in [6.45, 7) is 0.517. The quantitative estimate of drug-likeness (QED) is 0.531. The highest BCUT2D eigenvalue weighted by molar-refractivity contribution is 7.85. The lowest BCUT2D eigenvalue weighted by Crippen LogP contribution is -2.49. The van der Waals surface area contributed by atoms with Crippen LogP contribution in [0.1, 0.15) is 0 Å². The maximum Gasteiger partial charge on any atom is 0.324 e. The highest BCUT2D eigenvalue weighted by Gasteiger charge is 2.29. The number of allylic oxidation sites excluding steroid dienone is 2. The molecule has 32 heavy (non-hydrogen) atoms. The summed E-state index contributed by atoms with van der Waals surface area (Å²) in [7, 11) is -0.970. The van der Waals surface area contributed by atoms with Crippen LogP contribution >= 0.6 is 0 Å². The molecule has 1 aromatic rings. The van der Waals surface area contributed by atoms with Crippen LogP contribution in [0.25, 0.3) is 0 Å². The predicted octanol–water partition coefficient (Wildman–Crippen LogP) is 1.03. The van der Waals surface area contributed by atoms with E-state index in [-0.39, 0.29) is 23.8 Å². The molecule has 2 aliphatic heterocycles. The second kappa shape index (κ2) is 10.4. The molecule has 2 heterocycles. The molecule has 0 radical (unpaired) electrons. The van der Waals surface area contributed by atoms with Gasteiger partial charge in [-0.05, 0) is 30.4 Å². The average Bonchev–Trinajstić information content (AvgIpc) is 3.27. The number of alkyl halides is 2. The molecule has 2 amide bonds. The summed E-state index contributed by atoms with van der Waals surface area (Å²) in [6, 6.07) is 5.08. The Morgan fingerprint density at radius 1 is 1.34 bits per heavy atom. The fraction of sp³-hybridized carbons (Fsp3) is 0.368. The number of nitrogens with two attached hydrogens (primary N) is 2. The van der Waals surface area contributed by atoms with Crippen LogP contribution in [-0.4, -0.2) is 64.8 Å². The first-order valence-electron chi connectivity index (χ1n) is 9.62. The predicted molar refractivity (Wildman–Crippen MR) is 115 cm³/mol. The number of carbonyl (C=O) groups excluding carboxylic acids is 1. The highest BCUT2D eigenvalue weighted by Crippen LogP contribution is 2.19. The molecule has 3 rings (SSSR count). The number of benzene rings is 1. The third kappa shape index (κ3) is 5.93. The number of hydrazone groups is 1. The Morgan fingerprint density at radius 3 is 2.69 bits per heavy atom. The zero-order valence-electron chi connectivity index (χ0n) is 16.9. The van der Waals surface area contributed by atoms with Gasteiger partial charge in [0.2, 0.25) is 6.23 Å². The Hall–Kier alpha value is -3.22. The van der Waals surface area contributed by atoms with Crippen molar-refractivity contribution in [3.05, 3.63) is 53.6 Å². The van der Waals surface area contributed by atoms with E-state index in [9.17, 15) is 22.2 Å². The Balaban J connectivity index is 1.75. The summed E-state index contributed by atoms with van der Waals surface area (Å²) < 4.78 is 55.6. The van der Waals surface area contributed by atoms with Crippen LogP contribution in [-0.2, 0) is 15.5 Å². The molecule has 0 aromatic heterocycles. The molecule has 1 unspecified atom stereocenters. The molecule has 9 nitrogen and oxygen atoms in total. The average molecular weight is 472 g/mol. The number of carbonyl (C=O) groups is 1. The Labute approximate surface area is 185 Å². The molecule has 1 fully saturated rings. The Bertz CT molecular complexity index is 961. The molecule has 0 aliphatic carbocycles. The minimum absolute atomic E-state index is 0.0502. The largest absolute Gasteiger partial charge is 0.443 e. The van der Waals surface area contributed by atoms with Crippen molar-refractivity contribution in [1.82, 2.24) is 10.3 Å². The third-order valence-electron chi connectivity index (χ3n) is 4.62. The molecule has 1 aromatic carbocycles. The summed E-state index contributed by atoms with van der Waals surface area (Å²) >= 11 is 0. The summed E-state index contributed by atoms with van der Waals surface area (Å²) in [5.41, 5.74) is 14.4. The number of halogens is 3. The molecule has 1 saturated heterocycles. The van der Waals surface area contributed by atoms with Crippen LogP contribution in [0.15, 0.2) is 52.9 Å². The van der Waals surface area contributed by atoms with Crippen LogP contribution < -0.4 is 21.8 Å². The summed E-state index contributed by atoms with van der Waals surface area (Å²) in [5.74, 6) is -0.00505. The van der Waals surface area contributed by atoms with Crippen molar-refractivity contribution in [1.29, 1.82) is 0 Å². The molecule has 1 atom stereocenters. The lowest BCUT2D eigenvalue weighted by atomic mass is 10.2. The van der Waals surface area contributed by atoms with Gasteiger partial charge in [0, 0.05) is 46.8 Å². The monoisotopic (exact) mass is 472 g/mol. The number of nitrogens with one attached hydrogen (secondary N) is 1. The van der Waals surface area contributed by atoms with Crippen molar-refractivity contribution in [3.8, 4) is 0 Å². The van der Waals surface area contributed by atoms with Gasteiger partial charge in [0.15, 0.2) is 0 Å². The number of hydrogen-bond acceptors (Lipinski definition) is 7. The standard InChI is InChI=1S/C19H23F3N6O3S/c20-12-2-1-3-14(10-12)28(19(29)27-6-8-32(30)9-7-27)11-13(23)4-5-15(24)17-25-26-18(31-17)16(21)22/h1-5,10,16,18,26H,6-9,11,23-24H2/b13-4-,15-5-. The van der Waals surface area contributed by atoms with E-state index < -0.39 is 35.3 Å². The van der Waals surface area contributed by atoms with E-state index in [1.165, 1.54) is 40.2 Å². The topological polar surface area (TPSA) is 126 Å². The van der Waals surface area contributed by atoms with Gasteiger partial charge in [0.1, 0.15) is 5.82 Å². The van der Waals surface area contributed by atoms with Gasteiger partial charge < -0.3 is 21.1 Å². The van der Waals surface area contributed by atoms with Gasteiger partial charge >= 0.3 is 6.03 Å². The van der Waals surface area contributed by atoms with Crippen LogP contribution in [0, 0.1) is 5.82 Å². The second-order valence-corrected chi connectivity index (χ2v) is 8.66. The van der Waals surface area contributed by atoms with Gasteiger partial charge in [-0.15, -0.1) is 5.10 Å². The SMILES string of the molecule is N/C(=C\C=C(/N)C1=NNC(C(F)F)O1)CN(C(=O)N1CCS(=O)CC1)c1cccc(F)c1. The summed E-state index contributed by atoms with van der Waals surface area (Å²) in [4.78, 5) is 15.9. The van der Waals surface area contributed by atoms with Gasteiger partial charge in [-0.25, -0.2) is 18.0 Å². The van der Waals surface area contributed by atoms with E-state index in [0.717, 1.165) is 0 Å². The van der Waals surface area contributed by atoms with E-state index in [0.29, 0.717) is 30.3 Å². The Kier molecular flexibility index (Phi) is 7.62. The Morgan fingerprint density at radius 2 is 2.06 bits per heavy atom. The van der Waals surface area contributed by atoms with Crippen LogP contribution in [0.3, 0.4) is 0 Å². The van der Waals surface area contributed by atoms with Crippen molar-refractivity contribution in [2.45, 2.75) is 12.7 Å². The van der Waals surface area contributed by atoms with Crippen LogP contribution in [0.4, 0.5) is 23.7 Å². The maximum absolute atomic E-state index is 13.8. The first-order valence-corrected chi connectivity index (χ1v) is 11.1. The summed E-state index contributed by atoms with van der Waals surface area (Å²) in [5, 5.41) is 3.59. The van der Waals surface area contributed by atoms with E-state index in [1.54, 1.807) is 6.07 Å². The first-order chi connectivity index (χ1) is 15.2. The number of rotatable bonds is 6. The number of amides is 2. The minimum atomic E-state index is -2.79. The van der Waals surface area contributed by atoms with Gasteiger partial charge in [-0.2, -0.15) is 0 Å². The molecule has 5 N–H and O–H groups in total. The highest BCUT2D eigenvalue weighted by atomic mass is 32.2. The van der Waals surface area contributed by atoms with Crippen molar-refractivity contribution in [2.24, 2.45) is 16.6 Å². The number of urea groups is 1. The zero-order chi connectivity index (χ0) is 23.3. The molecule has 0 saturated carbocycles. The lowest BCUT2D eigenvalue weighted by Gasteiger charge is -2.33. The summed E-state index contributed by atoms with van der Waals surface area (Å²) in [6.07, 6.45) is -1.69. The number of nitrogens with zero attached hydrogens (tertiary/aromatic N) is 3. The van der Waals surface area contributed by atoms with Crippen LogP contribution in [0.2, 0.25) is 0 Å². The van der Waals surface area contributed by atoms with E-state index >= 15 is 0 Å². The second-order valence-electron chi connectivity index (χ2n) is 6.97. The normalized spacial score (nSPS) is 20.1. The van der Waals surface area contributed by atoms with Crippen LogP contribution in [0.5, 0.6) is 0 Å². The molecular weight excluding hydrogens is 449 g/mol. The molecule has 2 aliphatic rings. The molecular formula is C19H23F3N6O3S. The fourth-order valence-corrected chi connectivity index (χ4v) is 4.00. The van der Waals surface area contributed by atoms with Gasteiger partial charge in [0.25, 0.3) is 12.3 Å². The maximum atomic E-state index is 13.8. The van der Waals surface area contributed by atoms with Crippen molar-refractivity contribution in [2.75, 3.05) is 36.0 Å². The molecule has 13 heteroatoms. The van der Waals surface area contributed by atoms with E-state index in [4.69, 9.17) is 16.2 Å². The third-order valence-corrected chi connectivity index (χ3v) is 5.90. The van der Waals surface area contributed by atoms with Gasteiger partial charge in [0.05, 0.1) is 12.2 Å².